The fourth-order valence-electron chi connectivity index (χ4n) is 0.903. The molecule has 0 atom stereocenters. The lowest BCUT2D eigenvalue weighted by atomic mass is 10.5. The van der Waals surface area contributed by atoms with E-state index < -0.39 is 0 Å². The van der Waals surface area contributed by atoms with Crippen LogP contribution in [-0.2, 0) is 0 Å². The maximum absolute atomic E-state index is 8.67. The molecular formula is C7H20N4O. The van der Waals surface area contributed by atoms with Crippen molar-refractivity contribution in [3.05, 3.63) is 0 Å². The number of hydrazine groups is 3. The van der Waals surface area contributed by atoms with Gasteiger partial charge in [0, 0.05) is 20.6 Å². The van der Waals surface area contributed by atoms with Gasteiger partial charge in [-0.15, -0.1) is 0 Å². The van der Waals surface area contributed by atoms with E-state index in [1.807, 2.05) is 19.1 Å². The Balaban J connectivity index is 3.53. The minimum Gasteiger partial charge on any atom is -0.395 e. The Morgan fingerprint density at radius 2 is 2.00 bits per heavy atom. The summed E-state index contributed by atoms with van der Waals surface area (Å²) in [6.07, 6.45) is 1.10. The molecule has 0 bridgehead atoms. The van der Waals surface area contributed by atoms with E-state index in [0.717, 1.165) is 13.0 Å². The number of aliphatic hydroxyl groups excluding tert-OH is 1. The van der Waals surface area contributed by atoms with Gasteiger partial charge in [-0.3, -0.25) is 0 Å². The van der Waals surface area contributed by atoms with Crippen molar-refractivity contribution in [1.82, 2.24) is 21.1 Å². The smallest absolute Gasteiger partial charge is 0.0587 e. The van der Waals surface area contributed by atoms with Crippen molar-refractivity contribution in [2.45, 2.75) is 13.3 Å². The molecule has 5 heteroatoms. The number of nitrogens with one attached hydrogen (secondary N) is 2. The first-order chi connectivity index (χ1) is 5.74. The Bertz CT molecular complexity index is 101. The molecule has 12 heavy (non-hydrogen) atoms. The standard InChI is InChI=1S/C7H20N4O/c1-4-5-10(3)9-11(8-2)6-7-12/h8-9,12H,4-7H2,1-3H3. The second-order valence-electron chi connectivity index (χ2n) is 2.62. The minimum absolute atomic E-state index is 0.133. The van der Waals surface area contributed by atoms with Crippen molar-refractivity contribution in [3.63, 3.8) is 0 Å². The highest BCUT2D eigenvalue weighted by Gasteiger charge is 2.02. The topological polar surface area (TPSA) is 50.8 Å². The quantitative estimate of drug-likeness (QED) is 0.442. The van der Waals surface area contributed by atoms with Crippen molar-refractivity contribution in [3.8, 4) is 0 Å². The highest BCUT2D eigenvalue weighted by molar-refractivity contribution is 4.42. The Morgan fingerprint density at radius 1 is 1.33 bits per heavy atom. The lowest BCUT2D eigenvalue weighted by molar-refractivity contribution is -0.00383. The molecule has 0 saturated heterocycles. The zero-order valence-corrected chi connectivity index (χ0v) is 8.17. The molecule has 0 aliphatic rings. The van der Waals surface area contributed by atoms with Crippen LogP contribution in [-0.4, -0.2) is 49.0 Å². The first kappa shape index (κ1) is 11.8. The Labute approximate surface area is 74.3 Å². The zero-order valence-electron chi connectivity index (χ0n) is 8.17. The van der Waals surface area contributed by atoms with Crippen molar-refractivity contribution in [1.29, 1.82) is 0 Å². The molecule has 0 amide bonds. The van der Waals surface area contributed by atoms with E-state index in [2.05, 4.69) is 17.9 Å². The van der Waals surface area contributed by atoms with Crippen LogP contribution in [0.3, 0.4) is 0 Å². The summed E-state index contributed by atoms with van der Waals surface area (Å²) < 4.78 is 0. The van der Waals surface area contributed by atoms with Gasteiger partial charge in [0.2, 0.25) is 0 Å². The molecular weight excluding hydrogens is 156 g/mol. The Hall–Kier alpha value is -0.200. The molecule has 3 N–H and O–H groups in total. The number of hydrogen-bond acceptors (Lipinski definition) is 5. The van der Waals surface area contributed by atoms with Crippen LogP contribution >= 0.6 is 0 Å². The van der Waals surface area contributed by atoms with E-state index >= 15 is 0 Å². The highest BCUT2D eigenvalue weighted by Crippen LogP contribution is 1.82. The molecule has 0 aromatic heterocycles. The molecule has 0 heterocycles. The summed E-state index contributed by atoms with van der Waals surface area (Å²) in [6.45, 7) is 3.79. The van der Waals surface area contributed by atoms with Gasteiger partial charge in [0.15, 0.2) is 0 Å². The van der Waals surface area contributed by atoms with Crippen LogP contribution in [0.2, 0.25) is 0 Å². The molecule has 0 aliphatic heterocycles. The molecule has 74 valence electrons. The van der Waals surface area contributed by atoms with Gasteiger partial charge in [-0.2, -0.15) is 10.7 Å². The van der Waals surface area contributed by atoms with Gasteiger partial charge in [-0.1, -0.05) is 6.92 Å². The number of nitrogens with zero attached hydrogens (tertiary/aromatic N) is 2. The average Bonchev–Trinajstić information content (AvgIpc) is 2.04. The van der Waals surface area contributed by atoms with E-state index in [9.17, 15) is 0 Å². The maximum atomic E-state index is 8.67. The van der Waals surface area contributed by atoms with Crippen LogP contribution in [0, 0.1) is 0 Å². The Kier molecular flexibility index (Phi) is 7.33. The van der Waals surface area contributed by atoms with Crippen molar-refractivity contribution < 1.29 is 5.11 Å². The molecule has 0 saturated carbocycles. The van der Waals surface area contributed by atoms with E-state index in [0.29, 0.717) is 6.54 Å². The fourth-order valence-corrected chi connectivity index (χ4v) is 0.903. The fraction of sp³-hybridized carbons (Fsp3) is 1.00. The number of aliphatic hydroxyl groups is 1. The molecule has 0 aromatic carbocycles. The molecule has 0 spiro atoms. The summed E-state index contributed by atoms with van der Waals surface area (Å²) in [6, 6.07) is 0. The van der Waals surface area contributed by atoms with Crippen LogP contribution < -0.4 is 11.0 Å². The monoisotopic (exact) mass is 176 g/mol. The predicted molar refractivity (Wildman–Crippen MR) is 48.9 cm³/mol. The summed E-state index contributed by atoms with van der Waals surface area (Å²) in [7, 11) is 3.77. The molecule has 0 fully saturated rings. The molecule has 0 unspecified atom stereocenters. The lowest BCUT2D eigenvalue weighted by Gasteiger charge is -2.27. The maximum Gasteiger partial charge on any atom is 0.0587 e. The average molecular weight is 176 g/mol. The second kappa shape index (κ2) is 7.45. The normalized spacial score (nSPS) is 11.5. The zero-order chi connectivity index (χ0) is 9.40. The highest BCUT2D eigenvalue weighted by atomic mass is 16.3. The van der Waals surface area contributed by atoms with Gasteiger partial charge in [0.05, 0.1) is 13.2 Å². The van der Waals surface area contributed by atoms with Crippen LogP contribution in [0.15, 0.2) is 0 Å². The molecule has 5 nitrogen and oxygen atoms in total. The number of rotatable bonds is 7. The first-order valence-corrected chi connectivity index (χ1v) is 4.27. The molecule has 0 aromatic rings. The van der Waals surface area contributed by atoms with Crippen LogP contribution in [0.4, 0.5) is 0 Å². The lowest BCUT2D eigenvalue weighted by Crippen LogP contribution is -2.54. The second-order valence-corrected chi connectivity index (χ2v) is 2.62. The third-order valence-corrected chi connectivity index (χ3v) is 1.44. The minimum atomic E-state index is 0.133. The number of hydrogen-bond donors (Lipinski definition) is 3. The van der Waals surface area contributed by atoms with Gasteiger partial charge >= 0.3 is 0 Å². The van der Waals surface area contributed by atoms with E-state index in [1.54, 1.807) is 5.12 Å². The van der Waals surface area contributed by atoms with E-state index in [1.165, 1.54) is 0 Å². The summed E-state index contributed by atoms with van der Waals surface area (Å²) in [5, 5.41) is 12.4. The summed E-state index contributed by atoms with van der Waals surface area (Å²) >= 11 is 0. The largest absolute Gasteiger partial charge is 0.395 e. The first-order valence-electron chi connectivity index (χ1n) is 4.27. The van der Waals surface area contributed by atoms with Crippen molar-refractivity contribution in [2.75, 3.05) is 33.8 Å². The van der Waals surface area contributed by atoms with Gasteiger partial charge in [0.1, 0.15) is 0 Å². The third kappa shape index (κ3) is 5.45. The summed E-state index contributed by atoms with van der Waals surface area (Å²) in [4.78, 5) is 0. The van der Waals surface area contributed by atoms with Crippen LogP contribution in [0.5, 0.6) is 0 Å². The van der Waals surface area contributed by atoms with E-state index in [4.69, 9.17) is 5.11 Å². The summed E-state index contributed by atoms with van der Waals surface area (Å²) in [5.74, 6) is 0. The van der Waals surface area contributed by atoms with Crippen LogP contribution in [0.1, 0.15) is 13.3 Å². The van der Waals surface area contributed by atoms with Gasteiger partial charge < -0.3 is 5.11 Å². The third-order valence-electron chi connectivity index (χ3n) is 1.44. The molecule has 0 rings (SSSR count). The van der Waals surface area contributed by atoms with Gasteiger partial charge in [-0.05, 0) is 6.42 Å². The summed E-state index contributed by atoms with van der Waals surface area (Å²) in [5.41, 5.74) is 5.98. The van der Waals surface area contributed by atoms with E-state index in [-0.39, 0.29) is 6.61 Å². The molecule has 0 aliphatic carbocycles. The van der Waals surface area contributed by atoms with Gasteiger partial charge in [-0.25, -0.2) is 10.4 Å². The van der Waals surface area contributed by atoms with Crippen LogP contribution in [0.25, 0.3) is 0 Å². The SMILES string of the molecule is CCCN(C)NN(CCO)NC. The van der Waals surface area contributed by atoms with Crippen molar-refractivity contribution in [2.24, 2.45) is 0 Å². The van der Waals surface area contributed by atoms with Crippen molar-refractivity contribution >= 4 is 0 Å². The Morgan fingerprint density at radius 3 is 2.42 bits per heavy atom. The van der Waals surface area contributed by atoms with Gasteiger partial charge in [0.25, 0.3) is 0 Å². The molecule has 0 radical (unpaired) electrons. The predicted octanol–water partition coefficient (Wildman–Crippen LogP) is -0.823.